The molecule has 48 heavy (non-hydrogen) atoms. The molecular formula is C37H44BrN3O7. The smallest absolute Gasteiger partial charge is 0.313 e. The highest BCUT2D eigenvalue weighted by Gasteiger charge is 2.77. The first kappa shape index (κ1) is 35.5. The number of hydrogen-bond acceptors (Lipinski definition) is 7. The zero-order chi connectivity index (χ0) is 34.7. The molecule has 0 radical (unpaired) electrons. The van der Waals surface area contributed by atoms with Crippen molar-refractivity contribution in [2.24, 2.45) is 11.8 Å². The molecule has 3 aliphatic heterocycles. The van der Waals surface area contributed by atoms with Crippen molar-refractivity contribution in [1.29, 1.82) is 0 Å². The van der Waals surface area contributed by atoms with E-state index in [1.165, 1.54) is 4.90 Å². The normalized spacial score (nSPS) is 26.8. The van der Waals surface area contributed by atoms with Gasteiger partial charge in [-0.25, -0.2) is 0 Å². The number of anilines is 1. The number of aliphatic hydroxyl groups excluding tert-OH is 1. The van der Waals surface area contributed by atoms with Gasteiger partial charge in [-0.2, -0.15) is 0 Å². The Kier molecular flexibility index (Phi) is 10.9. The van der Waals surface area contributed by atoms with Crippen LogP contribution in [0.3, 0.4) is 0 Å². The summed E-state index contributed by atoms with van der Waals surface area (Å²) in [6, 6.07) is 13.1. The number of amides is 3. The van der Waals surface area contributed by atoms with Crippen LogP contribution in [0.2, 0.25) is 0 Å². The third kappa shape index (κ3) is 6.47. The molecule has 11 heteroatoms. The lowest BCUT2D eigenvalue weighted by molar-refractivity contribution is -0.160. The van der Waals surface area contributed by atoms with Gasteiger partial charge in [-0.3, -0.25) is 19.2 Å². The number of nitrogens with one attached hydrogen (secondary N) is 1. The van der Waals surface area contributed by atoms with Crippen LogP contribution in [0.1, 0.15) is 49.0 Å². The molecule has 10 nitrogen and oxygen atoms in total. The summed E-state index contributed by atoms with van der Waals surface area (Å²) in [6.45, 7) is 12.9. The third-order valence-electron chi connectivity index (χ3n) is 9.70. The van der Waals surface area contributed by atoms with Crippen LogP contribution in [0.5, 0.6) is 0 Å². The number of esters is 1. The molecule has 0 aromatic heterocycles. The van der Waals surface area contributed by atoms with E-state index in [1.807, 2.05) is 62.4 Å². The standard InChI is InChI=1S/C37H44BrN3O7/c1-6-8-14-29(43)39-20-28(25-12-10-9-11-13-25)47-36(46)30-31-34(44)41(24(5)21-42)33(37(31)19-26(38)32(30)48-37)35(45)40(17-7-2)27-18-22(3)15-16-23(27)4/h6-7,9-13,15-16,18,24,26,28,30-33,42H,1-2,8,14,17,19-21H2,3-5H3,(H,39,43)/t24-,26?,28-,30+,31-,32+,33+,37-/m1/s1. The lowest BCUT2D eigenvalue weighted by Gasteiger charge is -2.39. The van der Waals surface area contributed by atoms with E-state index in [1.54, 1.807) is 24.0 Å². The number of hydrogen-bond donors (Lipinski definition) is 2. The second-order valence-corrected chi connectivity index (χ2v) is 14.1. The summed E-state index contributed by atoms with van der Waals surface area (Å²) in [5.74, 6) is -3.72. The third-order valence-corrected chi connectivity index (χ3v) is 10.5. The summed E-state index contributed by atoms with van der Waals surface area (Å²) in [4.78, 5) is 58.7. The van der Waals surface area contributed by atoms with Crippen molar-refractivity contribution in [3.63, 3.8) is 0 Å². The van der Waals surface area contributed by atoms with Crippen molar-refractivity contribution in [2.45, 2.75) is 74.8 Å². The Hall–Kier alpha value is -3.80. The first-order chi connectivity index (χ1) is 23.0. The number of likely N-dealkylation sites (tertiary alicyclic amines) is 1. The predicted molar refractivity (Wildman–Crippen MR) is 185 cm³/mol. The molecule has 5 rings (SSSR count). The van der Waals surface area contributed by atoms with Gasteiger partial charge in [-0.05, 0) is 56.4 Å². The SMILES string of the molecule is C=CCCC(=O)NC[C@@H](OC(=O)[C@@H]1[C@H]2O[C@@]3(CC2Br)[C@H](C(=O)N(CC=C)c2cc(C)ccc2C)N([C@H](C)CO)C(=O)[C@@H]13)c1ccccc1. The van der Waals surface area contributed by atoms with Gasteiger partial charge < -0.3 is 29.7 Å². The maximum Gasteiger partial charge on any atom is 0.313 e. The van der Waals surface area contributed by atoms with E-state index in [9.17, 15) is 24.3 Å². The number of alkyl halides is 1. The Morgan fingerprint density at radius 3 is 2.58 bits per heavy atom. The molecule has 8 atom stereocenters. The quantitative estimate of drug-likeness (QED) is 0.169. The lowest BCUT2D eigenvalue weighted by Crippen LogP contribution is -2.59. The molecule has 0 saturated carbocycles. The van der Waals surface area contributed by atoms with Crippen LogP contribution >= 0.6 is 15.9 Å². The Morgan fingerprint density at radius 1 is 1.19 bits per heavy atom. The van der Waals surface area contributed by atoms with Crippen molar-refractivity contribution in [3.8, 4) is 0 Å². The number of fused-ring (bicyclic) bond motifs is 1. The maximum atomic E-state index is 14.8. The average molecular weight is 723 g/mol. The average Bonchev–Trinajstić information content (AvgIpc) is 3.68. The molecule has 2 bridgehead atoms. The summed E-state index contributed by atoms with van der Waals surface area (Å²) in [5, 5.41) is 13.1. The minimum Gasteiger partial charge on any atom is -0.455 e. The largest absolute Gasteiger partial charge is 0.455 e. The summed E-state index contributed by atoms with van der Waals surface area (Å²) < 4.78 is 12.8. The van der Waals surface area contributed by atoms with Crippen molar-refractivity contribution in [3.05, 3.63) is 90.5 Å². The fourth-order valence-corrected chi connectivity index (χ4v) is 8.36. The number of carbonyl (C=O) groups excluding carboxylic acids is 4. The summed E-state index contributed by atoms with van der Waals surface area (Å²) in [6.07, 6.45) is 2.79. The van der Waals surface area contributed by atoms with Gasteiger partial charge in [0.15, 0.2) is 0 Å². The van der Waals surface area contributed by atoms with Crippen LogP contribution < -0.4 is 10.2 Å². The Morgan fingerprint density at radius 2 is 1.92 bits per heavy atom. The number of halogens is 1. The van der Waals surface area contributed by atoms with E-state index >= 15 is 0 Å². The molecule has 1 unspecified atom stereocenters. The van der Waals surface area contributed by atoms with Gasteiger partial charge in [0.05, 0.1) is 37.1 Å². The zero-order valence-electron chi connectivity index (χ0n) is 27.6. The number of aryl methyl sites for hydroxylation is 2. The number of aliphatic hydroxyl groups is 1. The first-order valence-corrected chi connectivity index (χ1v) is 17.3. The van der Waals surface area contributed by atoms with Gasteiger partial charge in [0, 0.05) is 23.5 Å². The Labute approximate surface area is 290 Å². The van der Waals surface area contributed by atoms with Crippen LogP contribution in [-0.4, -0.2) is 82.0 Å². The molecule has 2 aromatic carbocycles. The van der Waals surface area contributed by atoms with Crippen LogP contribution in [0.25, 0.3) is 0 Å². The number of carbonyl (C=O) groups is 4. The monoisotopic (exact) mass is 721 g/mol. The van der Waals surface area contributed by atoms with Crippen molar-refractivity contribution in [2.75, 3.05) is 24.6 Å². The molecule has 3 heterocycles. The van der Waals surface area contributed by atoms with Gasteiger partial charge >= 0.3 is 5.97 Å². The molecule has 2 N–H and O–H groups in total. The van der Waals surface area contributed by atoms with Crippen molar-refractivity contribution < 1.29 is 33.8 Å². The van der Waals surface area contributed by atoms with Crippen LogP contribution in [0.4, 0.5) is 5.69 Å². The Bertz CT molecular complexity index is 1570. The summed E-state index contributed by atoms with van der Waals surface area (Å²) >= 11 is 3.71. The highest BCUT2D eigenvalue weighted by atomic mass is 79.9. The van der Waals surface area contributed by atoms with Crippen LogP contribution in [0, 0.1) is 25.7 Å². The highest BCUT2D eigenvalue weighted by molar-refractivity contribution is 9.09. The van der Waals surface area contributed by atoms with E-state index in [0.29, 0.717) is 24.1 Å². The van der Waals surface area contributed by atoms with E-state index in [4.69, 9.17) is 9.47 Å². The minimum absolute atomic E-state index is 0.0343. The number of rotatable bonds is 14. The van der Waals surface area contributed by atoms with Crippen LogP contribution in [0.15, 0.2) is 73.8 Å². The van der Waals surface area contributed by atoms with Crippen molar-refractivity contribution >= 4 is 45.3 Å². The molecule has 3 saturated heterocycles. The molecule has 256 valence electrons. The summed E-state index contributed by atoms with van der Waals surface area (Å²) in [5.41, 5.74) is 1.85. The molecule has 3 amide bonds. The first-order valence-electron chi connectivity index (χ1n) is 16.4. The van der Waals surface area contributed by atoms with Gasteiger partial charge in [-0.15, -0.1) is 13.2 Å². The number of benzene rings is 2. The van der Waals surface area contributed by atoms with Gasteiger partial charge in [0.2, 0.25) is 11.8 Å². The molecular weight excluding hydrogens is 678 g/mol. The molecule has 0 aliphatic carbocycles. The van der Waals surface area contributed by atoms with E-state index in [0.717, 1.165) is 11.1 Å². The molecule has 2 aromatic rings. The molecule has 1 spiro atoms. The van der Waals surface area contributed by atoms with Crippen LogP contribution in [-0.2, 0) is 28.7 Å². The number of ether oxygens (including phenoxy) is 2. The van der Waals surface area contributed by atoms with Crippen molar-refractivity contribution in [1.82, 2.24) is 10.2 Å². The fraction of sp³-hybridized carbons (Fsp3) is 0.459. The van der Waals surface area contributed by atoms with E-state index < -0.39 is 53.6 Å². The summed E-state index contributed by atoms with van der Waals surface area (Å²) in [7, 11) is 0. The highest BCUT2D eigenvalue weighted by Crippen LogP contribution is 2.61. The second-order valence-electron chi connectivity index (χ2n) is 12.9. The molecule has 3 aliphatic rings. The fourth-order valence-electron chi connectivity index (χ4n) is 7.41. The lowest BCUT2D eigenvalue weighted by atomic mass is 9.70. The molecule has 3 fully saturated rings. The number of nitrogens with zero attached hydrogens (tertiary/aromatic N) is 2. The zero-order valence-corrected chi connectivity index (χ0v) is 29.2. The van der Waals surface area contributed by atoms with Gasteiger partial charge in [0.1, 0.15) is 17.7 Å². The maximum absolute atomic E-state index is 14.8. The topological polar surface area (TPSA) is 125 Å². The Balaban J connectivity index is 1.50. The predicted octanol–water partition coefficient (Wildman–Crippen LogP) is 4.32. The second kappa shape index (κ2) is 14.8. The van der Waals surface area contributed by atoms with E-state index in [-0.39, 0.29) is 42.8 Å². The minimum atomic E-state index is -1.35. The van der Waals surface area contributed by atoms with Gasteiger partial charge in [0.25, 0.3) is 5.91 Å². The van der Waals surface area contributed by atoms with E-state index in [2.05, 4.69) is 34.4 Å². The number of allylic oxidation sites excluding steroid dienone is 1. The van der Waals surface area contributed by atoms with Gasteiger partial charge in [-0.1, -0.05) is 70.5 Å².